The fourth-order valence-electron chi connectivity index (χ4n) is 2.64. The van der Waals surface area contributed by atoms with Crippen molar-refractivity contribution in [3.05, 3.63) is 34.7 Å². The van der Waals surface area contributed by atoms with Gasteiger partial charge in [0.05, 0.1) is 17.0 Å². The number of nitrogens with zero attached hydrogens (tertiary/aromatic N) is 6. The van der Waals surface area contributed by atoms with Crippen molar-refractivity contribution in [2.24, 2.45) is 7.05 Å². The first-order chi connectivity index (χ1) is 10.5. The molecule has 0 saturated heterocycles. The van der Waals surface area contributed by atoms with Crippen LogP contribution in [0.15, 0.2) is 10.5 Å². The second kappa shape index (κ2) is 5.40. The maximum Gasteiger partial charge on any atom is 0.251 e. The van der Waals surface area contributed by atoms with Crippen LogP contribution in [0.25, 0.3) is 11.5 Å². The van der Waals surface area contributed by atoms with Gasteiger partial charge in [-0.05, 0) is 33.8 Å². The van der Waals surface area contributed by atoms with E-state index in [0.717, 1.165) is 34.9 Å². The van der Waals surface area contributed by atoms with Crippen LogP contribution in [-0.2, 0) is 20.0 Å². The van der Waals surface area contributed by atoms with E-state index in [4.69, 9.17) is 4.42 Å². The molecule has 3 heterocycles. The van der Waals surface area contributed by atoms with Gasteiger partial charge >= 0.3 is 0 Å². The van der Waals surface area contributed by atoms with Crippen LogP contribution in [-0.4, -0.2) is 29.8 Å². The van der Waals surface area contributed by atoms with Gasteiger partial charge in [-0.25, -0.2) is 0 Å². The highest BCUT2D eigenvalue weighted by atomic mass is 16.4. The third kappa shape index (κ3) is 2.54. The molecule has 0 fully saturated rings. The fourth-order valence-corrected chi connectivity index (χ4v) is 2.64. The zero-order valence-corrected chi connectivity index (χ0v) is 13.6. The molecule has 3 aromatic rings. The van der Waals surface area contributed by atoms with Crippen LogP contribution in [0.3, 0.4) is 0 Å². The van der Waals surface area contributed by atoms with Crippen molar-refractivity contribution < 1.29 is 4.42 Å². The van der Waals surface area contributed by atoms with Crippen LogP contribution in [0.1, 0.15) is 28.7 Å². The molecule has 0 aliphatic heterocycles. The summed E-state index contributed by atoms with van der Waals surface area (Å²) in [6.45, 7) is 8.70. The van der Waals surface area contributed by atoms with Gasteiger partial charge in [-0.1, -0.05) is 0 Å². The molecule has 0 radical (unpaired) electrons. The summed E-state index contributed by atoms with van der Waals surface area (Å²) in [7, 11) is 1.91. The van der Waals surface area contributed by atoms with Gasteiger partial charge in [0.2, 0.25) is 5.89 Å². The van der Waals surface area contributed by atoms with Crippen molar-refractivity contribution >= 4 is 0 Å². The monoisotopic (exact) mass is 300 g/mol. The maximum absolute atomic E-state index is 5.80. The quantitative estimate of drug-likeness (QED) is 0.738. The Morgan fingerprint density at radius 1 is 1.09 bits per heavy atom. The molecule has 0 aliphatic carbocycles. The second-order valence-corrected chi connectivity index (χ2v) is 5.57. The zero-order chi connectivity index (χ0) is 15.9. The van der Waals surface area contributed by atoms with E-state index < -0.39 is 0 Å². The number of aryl methyl sites for hydroxylation is 6. The van der Waals surface area contributed by atoms with Crippen LogP contribution < -0.4 is 0 Å². The standard InChI is InChI=1S/C15H20N6O/c1-9-8-10(2)21(18-9)7-6-13-16-17-15(22-13)14-11(3)19-20(5)12(14)4/h8H,6-7H2,1-5H3. The molecular formula is C15H20N6O. The van der Waals surface area contributed by atoms with Crippen LogP contribution in [0, 0.1) is 27.7 Å². The summed E-state index contributed by atoms with van der Waals surface area (Å²) in [6, 6.07) is 2.06. The summed E-state index contributed by atoms with van der Waals surface area (Å²) >= 11 is 0. The van der Waals surface area contributed by atoms with E-state index in [1.54, 1.807) is 0 Å². The van der Waals surface area contributed by atoms with Crippen molar-refractivity contribution in [1.29, 1.82) is 0 Å². The second-order valence-electron chi connectivity index (χ2n) is 5.57. The molecule has 0 aliphatic rings. The zero-order valence-electron chi connectivity index (χ0n) is 13.6. The molecule has 0 atom stereocenters. The predicted molar refractivity (Wildman–Crippen MR) is 81.4 cm³/mol. The van der Waals surface area contributed by atoms with Gasteiger partial charge in [-0.15, -0.1) is 10.2 Å². The molecule has 0 N–H and O–H groups in total. The van der Waals surface area contributed by atoms with E-state index in [0.29, 0.717) is 18.2 Å². The fraction of sp³-hybridized carbons (Fsp3) is 0.467. The number of hydrogen-bond acceptors (Lipinski definition) is 5. The Kier molecular flexibility index (Phi) is 3.56. The topological polar surface area (TPSA) is 74.6 Å². The van der Waals surface area contributed by atoms with Gasteiger partial charge < -0.3 is 4.42 Å². The Morgan fingerprint density at radius 3 is 2.45 bits per heavy atom. The molecule has 0 aromatic carbocycles. The van der Waals surface area contributed by atoms with E-state index in [-0.39, 0.29) is 0 Å². The van der Waals surface area contributed by atoms with Crippen molar-refractivity contribution in [3.63, 3.8) is 0 Å². The first kappa shape index (κ1) is 14.5. The minimum Gasteiger partial charge on any atom is -0.420 e. The van der Waals surface area contributed by atoms with Gasteiger partial charge in [0.15, 0.2) is 0 Å². The van der Waals surface area contributed by atoms with E-state index in [1.807, 2.05) is 44.1 Å². The SMILES string of the molecule is Cc1cc(C)n(CCc2nnc(-c3c(C)nn(C)c3C)o2)n1. The smallest absolute Gasteiger partial charge is 0.251 e. The van der Waals surface area contributed by atoms with Crippen LogP contribution in [0.5, 0.6) is 0 Å². The number of aromatic nitrogens is 6. The van der Waals surface area contributed by atoms with Crippen molar-refractivity contribution in [2.75, 3.05) is 0 Å². The van der Waals surface area contributed by atoms with Gasteiger partial charge in [0.25, 0.3) is 5.89 Å². The van der Waals surface area contributed by atoms with E-state index in [1.165, 1.54) is 0 Å². The lowest BCUT2D eigenvalue weighted by Gasteiger charge is -2.01. The number of rotatable bonds is 4. The molecule has 0 bridgehead atoms. The molecule has 7 nitrogen and oxygen atoms in total. The Morgan fingerprint density at radius 2 is 1.86 bits per heavy atom. The molecular weight excluding hydrogens is 280 g/mol. The lowest BCUT2D eigenvalue weighted by molar-refractivity contribution is 0.471. The largest absolute Gasteiger partial charge is 0.420 e. The Hall–Kier alpha value is -2.44. The molecule has 22 heavy (non-hydrogen) atoms. The average Bonchev–Trinajstić information content (AvgIpc) is 3.09. The summed E-state index contributed by atoms with van der Waals surface area (Å²) in [5.41, 5.74) is 4.99. The highest BCUT2D eigenvalue weighted by Gasteiger charge is 2.18. The lowest BCUT2D eigenvalue weighted by atomic mass is 10.2. The maximum atomic E-state index is 5.80. The third-order valence-electron chi connectivity index (χ3n) is 3.83. The molecule has 3 aromatic heterocycles. The van der Waals surface area contributed by atoms with Crippen molar-refractivity contribution in [2.45, 2.75) is 40.7 Å². The van der Waals surface area contributed by atoms with E-state index in [9.17, 15) is 0 Å². The van der Waals surface area contributed by atoms with Crippen molar-refractivity contribution in [1.82, 2.24) is 29.8 Å². The van der Waals surface area contributed by atoms with Crippen LogP contribution in [0.4, 0.5) is 0 Å². The molecule has 116 valence electrons. The molecule has 0 spiro atoms. The highest BCUT2D eigenvalue weighted by molar-refractivity contribution is 5.59. The van der Waals surface area contributed by atoms with Crippen LogP contribution >= 0.6 is 0 Å². The van der Waals surface area contributed by atoms with E-state index in [2.05, 4.69) is 26.5 Å². The normalized spacial score (nSPS) is 11.3. The Bertz CT molecular complexity index is 810. The lowest BCUT2D eigenvalue weighted by Crippen LogP contribution is -2.05. The first-order valence-electron chi connectivity index (χ1n) is 7.29. The van der Waals surface area contributed by atoms with Gasteiger partial charge in [0, 0.05) is 31.4 Å². The third-order valence-corrected chi connectivity index (χ3v) is 3.83. The van der Waals surface area contributed by atoms with E-state index >= 15 is 0 Å². The molecule has 0 amide bonds. The summed E-state index contributed by atoms with van der Waals surface area (Å²) in [6.07, 6.45) is 0.660. The summed E-state index contributed by atoms with van der Waals surface area (Å²) in [4.78, 5) is 0. The minimum atomic E-state index is 0.534. The van der Waals surface area contributed by atoms with Gasteiger partial charge in [-0.2, -0.15) is 10.2 Å². The Labute approximate surface area is 129 Å². The van der Waals surface area contributed by atoms with Crippen LogP contribution in [0.2, 0.25) is 0 Å². The average molecular weight is 300 g/mol. The summed E-state index contributed by atoms with van der Waals surface area (Å²) < 4.78 is 9.58. The van der Waals surface area contributed by atoms with Gasteiger partial charge in [0.1, 0.15) is 0 Å². The Balaban J connectivity index is 1.78. The molecule has 3 rings (SSSR count). The summed E-state index contributed by atoms with van der Waals surface area (Å²) in [5, 5.41) is 17.1. The molecule has 0 saturated carbocycles. The van der Waals surface area contributed by atoms with Gasteiger partial charge in [-0.3, -0.25) is 9.36 Å². The predicted octanol–water partition coefficient (Wildman–Crippen LogP) is 2.14. The minimum absolute atomic E-state index is 0.534. The van der Waals surface area contributed by atoms with Crippen molar-refractivity contribution in [3.8, 4) is 11.5 Å². The first-order valence-corrected chi connectivity index (χ1v) is 7.29. The summed E-state index contributed by atoms with van der Waals surface area (Å²) in [5.74, 6) is 1.15. The molecule has 7 heteroatoms. The highest BCUT2D eigenvalue weighted by Crippen LogP contribution is 2.25. The molecule has 0 unspecified atom stereocenters. The number of hydrogen-bond donors (Lipinski definition) is 0.